The minimum absolute atomic E-state index is 0.207. The average molecular weight is 254 g/mol. The fourth-order valence-corrected chi connectivity index (χ4v) is 2.12. The second-order valence-electron chi connectivity index (χ2n) is 4.56. The molecular formula is C14H11FN4. The van der Waals surface area contributed by atoms with E-state index in [1.165, 1.54) is 6.07 Å². The number of hydrogen-bond acceptors (Lipinski definition) is 4. The molecular weight excluding hydrogens is 243 g/mol. The standard InChI is InChI=1S/C14H11FN4/c15-10-3-1-2-9(6-10)12-7-13(12)17-14-5-4-11(8-16)18-19-14/h1-6,12-13H,7H2,(H,17,19)/t12-,13+/m0/s1. The lowest BCUT2D eigenvalue weighted by molar-refractivity contribution is 0.625. The summed E-state index contributed by atoms with van der Waals surface area (Å²) in [4.78, 5) is 0. The van der Waals surface area contributed by atoms with E-state index in [1.54, 1.807) is 24.3 Å². The van der Waals surface area contributed by atoms with Crippen LogP contribution in [0.1, 0.15) is 23.6 Å². The lowest BCUT2D eigenvalue weighted by atomic mass is 10.1. The number of hydrogen-bond donors (Lipinski definition) is 1. The predicted molar refractivity (Wildman–Crippen MR) is 67.9 cm³/mol. The second-order valence-corrected chi connectivity index (χ2v) is 4.56. The summed E-state index contributed by atoms with van der Waals surface area (Å²) >= 11 is 0. The van der Waals surface area contributed by atoms with E-state index in [4.69, 9.17) is 5.26 Å². The Labute approximate surface area is 109 Å². The fourth-order valence-electron chi connectivity index (χ4n) is 2.12. The molecule has 0 radical (unpaired) electrons. The first-order chi connectivity index (χ1) is 9.26. The third-order valence-electron chi connectivity index (χ3n) is 3.18. The first-order valence-corrected chi connectivity index (χ1v) is 6.02. The molecule has 5 heteroatoms. The van der Waals surface area contributed by atoms with E-state index in [9.17, 15) is 4.39 Å². The molecule has 1 aromatic carbocycles. The van der Waals surface area contributed by atoms with Crippen molar-refractivity contribution in [2.24, 2.45) is 0 Å². The van der Waals surface area contributed by atoms with Crippen LogP contribution in [0.4, 0.5) is 10.2 Å². The molecule has 0 unspecified atom stereocenters. The van der Waals surface area contributed by atoms with Gasteiger partial charge in [-0.15, -0.1) is 10.2 Å². The van der Waals surface area contributed by atoms with Crippen molar-refractivity contribution in [1.82, 2.24) is 10.2 Å². The first-order valence-electron chi connectivity index (χ1n) is 6.02. The lowest BCUT2D eigenvalue weighted by Crippen LogP contribution is -2.06. The molecule has 0 aliphatic heterocycles. The summed E-state index contributed by atoms with van der Waals surface area (Å²) in [5.74, 6) is 0.748. The maximum absolute atomic E-state index is 13.1. The van der Waals surface area contributed by atoms with E-state index >= 15 is 0 Å². The van der Waals surface area contributed by atoms with Gasteiger partial charge in [0.15, 0.2) is 5.69 Å². The summed E-state index contributed by atoms with van der Waals surface area (Å²) in [6.45, 7) is 0. The van der Waals surface area contributed by atoms with Crippen LogP contribution >= 0.6 is 0 Å². The molecule has 94 valence electrons. The van der Waals surface area contributed by atoms with Crippen molar-refractivity contribution in [3.8, 4) is 6.07 Å². The summed E-state index contributed by atoms with van der Waals surface area (Å²) < 4.78 is 13.1. The molecule has 1 fully saturated rings. The third-order valence-corrected chi connectivity index (χ3v) is 3.18. The Kier molecular flexibility index (Phi) is 2.84. The van der Waals surface area contributed by atoms with Crippen molar-refractivity contribution in [3.05, 3.63) is 53.5 Å². The summed E-state index contributed by atoms with van der Waals surface area (Å²) in [7, 11) is 0. The van der Waals surface area contributed by atoms with Gasteiger partial charge in [-0.2, -0.15) is 5.26 Å². The smallest absolute Gasteiger partial charge is 0.163 e. The monoisotopic (exact) mass is 254 g/mol. The highest BCUT2D eigenvalue weighted by atomic mass is 19.1. The lowest BCUT2D eigenvalue weighted by Gasteiger charge is -2.04. The van der Waals surface area contributed by atoms with Crippen molar-refractivity contribution in [1.29, 1.82) is 5.26 Å². The number of anilines is 1. The Hall–Kier alpha value is -2.48. The van der Waals surface area contributed by atoms with Gasteiger partial charge in [-0.3, -0.25) is 0 Å². The SMILES string of the molecule is N#Cc1ccc(N[C@@H]2C[C@H]2c2cccc(F)c2)nn1. The summed E-state index contributed by atoms with van der Waals surface area (Å²) in [5.41, 5.74) is 1.29. The van der Waals surface area contributed by atoms with Gasteiger partial charge in [-0.25, -0.2) is 4.39 Å². The highest BCUT2D eigenvalue weighted by Crippen LogP contribution is 2.42. The van der Waals surface area contributed by atoms with Gasteiger partial charge in [-0.1, -0.05) is 12.1 Å². The van der Waals surface area contributed by atoms with Crippen molar-refractivity contribution in [3.63, 3.8) is 0 Å². The number of rotatable bonds is 3. The predicted octanol–water partition coefficient (Wildman–Crippen LogP) is 2.46. The second kappa shape index (κ2) is 4.65. The van der Waals surface area contributed by atoms with E-state index < -0.39 is 0 Å². The molecule has 0 amide bonds. The number of halogens is 1. The normalized spacial score (nSPS) is 20.6. The highest BCUT2D eigenvalue weighted by molar-refractivity contribution is 5.42. The Morgan fingerprint density at radius 2 is 2.16 bits per heavy atom. The van der Waals surface area contributed by atoms with E-state index in [0.717, 1.165) is 12.0 Å². The number of benzene rings is 1. The Morgan fingerprint density at radius 1 is 1.26 bits per heavy atom. The summed E-state index contributed by atoms with van der Waals surface area (Å²) in [6.07, 6.45) is 0.950. The van der Waals surface area contributed by atoms with Gasteiger partial charge in [0, 0.05) is 12.0 Å². The van der Waals surface area contributed by atoms with E-state index in [1.807, 2.05) is 12.1 Å². The molecule has 4 nitrogen and oxygen atoms in total. The van der Waals surface area contributed by atoms with Crippen LogP contribution in [0, 0.1) is 17.1 Å². The Morgan fingerprint density at radius 3 is 2.84 bits per heavy atom. The van der Waals surface area contributed by atoms with Crippen LogP contribution in [0.3, 0.4) is 0 Å². The van der Waals surface area contributed by atoms with Gasteiger partial charge in [-0.05, 0) is 36.2 Å². The molecule has 0 bridgehead atoms. The molecule has 1 aromatic heterocycles. The molecule has 19 heavy (non-hydrogen) atoms. The molecule has 1 aliphatic carbocycles. The third kappa shape index (κ3) is 2.52. The Balaban J connectivity index is 1.65. The van der Waals surface area contributed by atoms with Crippen LogP contribution in [0.5, 0.6) is 0 Å². The molecule has 1 saturated carbocycles. The number of nitriles is 1. The molecule has 1 N–H and O–H groups in total. The Bertz CT molecular complexity index is 633. The van der Waals surface area contributed by atoms with Gasteiger partial charge in [0.25, 0.3) is 0 Å². The molecule has 0 spiro atoms. The van der Waals surface area contributed by atoms with Crippen LogP contribution in [-0.2, 0) is 0 Å². The van der Waals surface area contributed by atoms with Crippen LogP contribution in [0.15, 0.2) is 36.4 Å². The summed E-state index contributed by atoms with van der Waals surface area (Å²) in [6, 6.07) is 12.2. The zero-order valence-corrected chi connectivity index (χ0v) is 10.0. The van der Waals surface area contributed by atoms with Gasteiger partial charge < -0.3 is 5.32 Å². The summed E-state index contributed by atoms with van der Waals surface area (Å²) in [5, 5.41) is 19.5. The van der Waals surface area contributed by atoms with Gasteiger partial charge >= 0.3 is 0 Å². The van der Waals surface area contributed by atoms with Crippen LogP contribution in [-0.4, -0.2) is 16.2 Å². The molecule has 2 atom stereocenters. The number of aromatic nitrogens is 2. The molecule has 0 saturated heterocycles. The maximum atomic E-state index is 13.1. The zero-order chi connectivity index (χ0) is 13.2. The fraction of sp³-hybridized carbons (Fsp3) is 0.214. The van der Waals surface area contributed by atoms with E-state index in [-0.39, 0.29) is 11.9 Å². The largest absolute Gasteiger partial charge is 0.365 e. The first kappa shape index (κ1) is 11.6. The van der Waals surface area contributed by atoms with Crippen molar-refractivity contribution in [2.45, 2.75) is 18.4 Å². The van der Waals surface area contributed by atoms with Crippen molar-refractivity contribution < 1.29 is 4.39 Å². The highest BCUT2D eigenvalue weighted by Gasteiger charge is 2.38. The van der Waals surface area contributed by atoms with Crippen molar-refractivity contribution >= 4 is 5.82 Å². The van der Waals surface area contributed by atoms with Gasteiger partial charge in [0.2, 0.25) is 0 Å². The van der Waals surface area contributed by atoms with Crippen LogP contribution in [0.2, 0.25) is 0 Å². The van der Waals surface area contributed by atoms with Crippen LogP contribution < -0.4 is 5.32 Å². The zero-order valence-electron chi connectivity index (χ0n) is 10.0. The van der Waals surface area contributed by atoms with Crippen molar-refractivity contribution in [2.75, 3.05) is 5.32 Å². The van der Waals surface area contributed by atoms with Gasteiger partial charge in [0.1, 0.15) is 17.7 Å². The minimum atomic E-state index is -0.207. The number of nitrogens with zero attached hydrogens (tertiary/aromatic N) is 3. The molecule has 2 aromatic rings. The quantitative estimate of drug-likeness (QED) is 0.913. The van der Waals surface area contributed by atoms with E-state index in [2.05, 4.69) is 15.5 Å². The topological polar surface area (TPSA) is 61.6 Å². The number of nitrogens with one attached hydrogen (secondary N) is 1. The average Bonchev–Trinajstić information content (AvgIpc) is 3.19. The minimum Gasteiger partial charge on any atom is -0.365 e. The molecule has 3 rings (SSSR count). The van der Waals surface area contributed by atoms with Crippen LogP contribution in [0.25, 0.3) is 0 Å². The molecule has 1 aliphatic rings. The van der Waals surface area contributed by atoms with E-state index in [0.29, 0.717) is 17.4 Å². The molecule has 1 heterocycles. The maximum Gasteiger partial charge on any atom is 0.163 e. The van der Waals surface area contributed by atoms with Gasteiger partial charge in [0.05, 0.1) is 0 Å².